The molecule has 1 aromatic rings. The van der Waals surface area contributed by atoms with Gasteiger partial charge in [0.15, 0.2) is 0 Å². The van der Waals surface area contributed by atoms with E-state index in [-0.39, 0.29) is 5.70 Å². The number of carbonyl (C=O) groups is 2. The van der Waals surface area contributed by atoms with Gasteiger partial charge in [0.1, 0.15) is 17.0 Å². The molecule has 0 unspecified atom stereocenters. The number of methoxy groups -OCH3 is 1. The monoisotopic (exact) mass is 319 g/mol. The van der Waals surface area contributed by atoms with Crippen molar-refractivity contribution in [3.05, 3.63) is 35.0 Å². The molecule has 1 N–H and O–H groups in total. The van der Waals surface area contributed by atoms with Crippen molar-refractivity contribution in [2.75, 3.05) is 13.7 Å². The maximum atomic E-state index is 11.9. The van der Waals surface area contributed by atoms with Crippen molar-refractivity contribution in [3.8, 4) is 5.75 Å². The molecule has 124 valence electrons. The van der Waals surface area contributed by atoms with Crippen LogP contribution in [-0.2, 0) is 20.7 Å². The molecule has 1 amide bonds. The maximum Gasteiger partial charge on any atom is 0.412 e. The highest BCUT2D eigenvalue weighted by Gasteiger charge is 2.20. The number of hydrogen-bond donors (Lipinski definition) is 1. The molecule has 6 heteroatoms. The van der Waals surface area contributed by atoms with E-state index in [0.29, 0.717) is 6.61 Å². The average Bonchev–Trinajstić information content (AvgIpc) is 2.91. The lowest BCUT2D eigenvalue weighted by Crippen LogP contribution is -2.34. The van der Waals surface area contributed by atoms with Gasteiger partial charge in [0.2, 0.25) is 0 Å². The lowest BCUT2D eigenvalue weighted by atomic mass is 10.1. The fourth-order valence-corrected chi connectivity index (χ4v) is 2.13. The topological polar surface area (TPSA) is 73.9 Å². The number of rotatable bonds is 3. The summed E-state index contributed by atoms with van der Waals surface area (Å²) in [6, 6.07) is 5.57. The van der Waals surface area contributed by atoms with Crippen molar-refractivity contribution in [1.82, 2.24) is 5.32 Å². The molecular formula is C17H21NO5. The minimum absolute atomic E-state index is 0.0145. The third-order valence-corrected chi connectivity index (χ3v) is 3.07. The summed E-state index contributed by atoms with van der Waals surface area (Å²) in [7, 11) is 1.25. The first-order chi connectivity index (χ1) is 10.8. The van der Waals surface area contributed by atoms with Crippen LogP contribution in [0.3, 0.4) is 0 Å². The molecule has 1 aromatic carbocycles. The molecule has 0 radical (unpaired) electrons. The first-order valence-corrected chi connectivity index (χ1v) is 7.34. The lowest BCUT2D eigenvalue weighted by Gasteiger charge is -2.20. The Kier molecular flexibility index (Phi) is 4.93. The summed E-state index contributed by atoms with van der Waals surface area (Å²) in [5.74, 6) is 0.203. The van der Waals surface area contributed by atoms with Crippen LogP contribution >= 0.6 is 0 Å². The van der Waals surface area contributed by atoms with E-state index < -0.39 is 17.7 Å². The van der Waals surface area contributed by atoms with Gasteiger partial charge in [-0.25, -0.2) is 9.59 Å². The SMILES string of the molecule is COC(=O)/C(=C/c1ccc2c(c1)CCO2)NC(=O)OC(C)(C)C. The first kappa shape index (κ1) is 16.9. The van der Waals surface area contributed by atoms with Crippen LogP contribution in [0.1, 0.15) is 31.9 Å². The van der Waals surface area contributed by atoms with Gasteiger partial charge < -0.3 is 14.2 Å². The van der Waals surface area contributed by atoms with Gasteiger partial charge in [0, 0.05) is 6.42 Å². The molecule has 0 aliphatic carbocycles. The quantitative estimate of drug-likeness (QED) is 0.685. The maximum absolute atomic E-state index is 11.9. The highest BCUT2D eigenvalue weighted by atomic mass is 16.6. The van der Waals surface area contributed by atoms with Crippen LogP contribution in [0.4, 0.5) is 4.79 Å². The Hall–Kier alpha value is -2.50. The highest BCUT2D eigenvalue weighted by Crippen LogP contribution is 2.26. The second kappa shape index (κ2) is 6.73. The minimum Gasteiger partial charge on any atom is -0.493 e. The second-order valence-corrected chi connectivity index (χ2v) is 6.14. The van der Waals surface area contributed by atoms with E-state index in [2.05, 4.69) is 5.32 Å². The van der Waals surface area contributed by atoms with Crippen molar-refractivity contribution in [3.63, 3.8) is 0 Å². The molecule has 0 spiro atoms. The number of benzene rings is 1. The predicted octanol–water partition coefficient (Wildman–Crippen LogP) is 2.66. The number of nitrogens with one attached hydrogen (secondary N) is 1. The van der Waals surface area contributed by atoms with Crippen LogP contribution in [0.5, 0.6) is 5.75 Å². The molecule has 2 rings (SSSR count). The standard InChI is InChI=1S/C17H21NO5/c1-17(2,3)23-16(20)18-13(15(19)21-4)10-11-5-6-14-12(9-11)7-8-22-14/h5-6,9-10H,7-8H2,1-4H3,(H,18,20)/b13-10-. The molecule has 23 heavy (non-hydrogen) atoms. The molecule has 0 atom stereocenters. The largest absolute Gasteiger partial charge is 0.493 e. The third-order valence-electron chi connectivity index (χ3n) is 3.07. The summed E-state index contributed by atoms with van der Waals surface area (Å²) in [6.45, 7) is 5.89. The lowest BCUT2D eigenvalue weighted by molar-refractivity contribution is -0.136. The van der Waals surface area contributed by atoms with Gasteiger partial charge in [-0.15, -0.1) is 0 Å². The Labute approximate surface area is 135 Å². The number of fused-ring (bicyclic) bond motifs is 1. The number of hydrogen-bond acceptors (Lipinski definition) is 5. The van der Waals surface area contributed by atoms with Crippen molar-refractivity contribution >= 4 is 18.1 Å². The van der Waals surface area contributed by atoms with Crippen LogP contribution in [-0.4, -0.2) is 31.4 Å². The van der Waals surface area contributed by atoms with Crippen molar-refractivity contribution < 1.29 is 23.8 Å². The zero-order valence-corrected chi connectivity index (χ0v) is 13.8. The number of ether oxygens (including phenoxy) is 3. The van der Waals surface area contributed by atoms with Gasteiger partial charge in [-0.1, -0.05) is 6.07 Å². The van der Waals surface area contributed by atoms with E-state index in [9.17, 15) is 9.59 Å². The zero-order chi connectivity index (χ0) is 17.0. The normalized spacial score (nSPS) is 13.8. The number of alkyl carbamates (subject to hydrolysis) is 1. The van der Waals surface area contributed by atoms with Crippen LogP contribution in [0.25, 0.3) is 6.08 Å². The summed E-state index contributed by atoms with van der Waals surface area (Å²) < 4.78 is 15.3. The third kappa shape index (κ3) is 4.74. The zero-order valence-electron chi connectivity index (χ0n) is 13.8. The summed E-state index contributed by atoms with van der Waals surface area (Å²) in [4.78, 5) is 23.7. The fourth-order valence-electron chi connectivity index (χ4n) is 2.13. The van der Waals surface area contributed by atoms with E-state index in [1.807, 2.05) is 18.2 Å². The molecular weight excluding hydrogens is 298 g/mol. The Morgan fingerprint density at radius 2 is 2.04 bits per heavy atom. The van der Waals surface area contributed by atoms with E-state index in [0.717, 1.165) is 23.3 Å². The Morgan fingerprint density at radius 3 is 2.70 bits per heavy atom. The van der Waals surface area contributed by atoms with Gasteiger partial charge in [0.25, 0.3) is 0 Å². The Bertz CT molecular complexity index is 643. The molecule has 1 aliphatic heterocycles. The van der Waals surface area contributed by atoms with Crippen LogP contribution in [0.15, 0.2) is 23.9 Å². The molecule has 0 aromatic heterocycles. The minimum atomic E-state index is -0.710. The molecule has 0 saturated heterocycles. The Morgan fingerprint density at radius 1 is 1.30 bits per heavy atom. The number of esters is 1. The molecule has 1 aliphatic rings. The first-order valence-electron chi connectivity index (χ1n) is 7.34. The molecule has 1 heterocycles. The molecule has 0 bridgehead atoms. The van der Waals surface area contributed by atoms with E-state index in [4.69, 9.17) is 14.2 Å². The summed E-state index contributed by atoms with van der Waals surface area (Å²) in [5, 5.41) is 2.43. The van der Waals surface area contributed by atoms with Gasteiger partial charge in [-0.3, -0.25) is 5.32 Å². The highest BCUT2D eigenvalue weighted by molar-refractivity contribution is 5.96. The van der Waals surface area contributed by atoms with Crippen LogP contribution in [0, 0.1) is 0 Å². The fraction of sp³-hybridized carbons (Fsp3) is 0.412. The van der Waals surface area contributed by atoms with Crippen molar-refractivity contribution in [2.45, 2.75) is 32.8 Å². The van der Waals surface area contributed by atoms with Gasteiger partial charge in [-0.05, 0) is 50.1 Å². The van der Waals surface area contributed by atoms with Crippen molar-refractivity contribution in [1.29, 1.82) is 0 Å². The smallest absolute Gasteiger partial charge is 0.412 e. The van der Waals surface area contributed by atoms with E-state index in [1.54, 1.807) is 26.8 Å². The summed E-state index contributed by atoms with van der Waals surface area (Å²) in [6.07, 6.45) is 1.66. The van der Waals surface area contributed by atoms with Gasteiger partial charge in [-0.2, -0.15) is 0 Å². The number of carbonyl (C=O) groups excluding carboxylic acids is 2. The van der Waals surface area contributed by atoms with E-state index in [1.165, 1.54) is 7.11 Å². The Balaban J connectivity index is 2.21. The average molecular weight is 319 g/mol. The molecule has 0 fully saturated rings. The van der Waals surface area contributed by atoms with Crippen LogP contribution in [0.2, 0.25) is 0 Å². The van der Waals surface area contributed by atoms with E-state index >= 15 is 0 Å². The molecule has 0 saturated carbocycles. The summed E-state index contributed by atoms with van der Waals surface area (Å²) in [5.41, 5.74) is 1.20. The second-order valence-electron chi connectivity index (χ2n) is 6.14. The van der Waals surface area contributed by atoms with Crippen molar-refractivity contribution in [2.24, 2.45) is 0 Å². The van der Waals surface area contributed by atoms with Gasteiger partial charge in [0.05, 0.1) is 13.7 Å². The number of amides is 1. The van der Waals surface area contributed by atoms with Gasteiger partial charge >= 0.3 is 12.1 Å². The molecule has 6 nitrogen and oxygen atoms in total. The summed E-state index contributed by atoms with van der Waals surface area (Å²) >= 11 is 0. The van der Waals surface area contributed by atoms with Crippen LogP contribution < -0.4 is 10.1 Å². The predicted molar refractivity (Wildman–Crippen MR) is 85.0 cm³/mol.